The van der Waals surface area contributed by atoms with Crippen molar-refractivity contribution >= 4 is 30.1 Å². The van der Waals surface area contributed by atoms with Gasteiger partial charge in [-0.15, -0.1) is 24.2 Å². The first-order chi connectivity index (χ1) is 7.31. The first-order valence-corrected chi connectivity index (χ1v) is 6.57. The van der Waals surface area contributed by atoms with Crippen molar-refractivity contribution in [3.8, 4) is 0 Å². The van der Waals surface area contributed by atoms with Gasteiger partial charge in [-0.1, -0.05) is 0 Å². The fourth-order valence-corrected chi connectivity index (χ4v) is 2.76. The highest BCUT2D eigenvalue weighted by Gasteiger charge is 2.34. The molecular weight excluding hydrogens is 248 g/mol. The highest BCUT2D eigenvalue weighted by atomic mass is 35.5. The first kappa shape index (κ1) is 14.1. The maximum Gasteiger partial charge on any atom is 0.238 e. The van der Waals surface area contributed by atoms with E-state index in [0.29, 0.717) is 12.5 Å². The van der Waals surface area contributed by atoms with E-state index in [4.69, 9.17) is 4.74 Å². The molecule has 1 aliphatic carbocycles. The molecule has 1 saturated heterocycles. The van der Waals surface area contributed by atoms with Gasteiger partial charge in [0, 0.05) is 18.7 Å². The SMILES string of the molecule is COCC(NC(=O)C1CSCN1)C1CC1.Cl. The van der Waals surface area contributed by atoms with Gasteiger partial charge in [0.15, 0.2) is 0 Å². The highest BCUT2D eigenvalue weighted by Crippen LogP contribution is 2.32. The summed E-state index contributed by atoms with van der Waals surface area (Å²) in [6.45, 7) is 0.635. The first-order valence-electron chi connectivity index (χ1n) is 5.41. The molecule has 0 aromatic rings. The van der Waals surface area contributed by atoms with Gasteiger partial charge >= 0.3 is 0 Å². The lowest BCUT2D eigenvalue weighted by molar-refractivity contribution is -0.123. The molecule has 0 aromatic carbocycles. The van der Waals surface area contributed by atoms with Crippen molar-refractivity contribution < 1.29 is 9.53 Å². The molecule has 0 radical (unpaired) electrons. The molecule has 2 rings (SSSR count). The number of halogens is 1. The molecule has 2 fully saturated rings. The summed E-state index contributed by atoms with van der Waals surface area (Å²) in [7, 11) is 1.69. The highest BCUT2D eigenvalue weighted by molar-refractivity contribution is 7.99. The maximum atomic E-state index is 11.8. The molecule has 1 saturated carbocycles. The van der Waals surface area contributed by atoms with E-state index < -0.39 is 0 Å². The zero-order valence-electron chi connectivity index (χ0n) is 9.40. The number of amides is 1. The summed E-state index contributed by atoms with van der Waals surface area (Å²) in [5, 5.41) is 6.26. The predicted octanol–water partition coefficient (Wildman–Crippen LogP) is 0.612. The van der Waals surface area contributed by atoms with E-state index in [9.17, 15) is 4.79 Å². The number of thioether (sulfide) groups is 1. The number of carbonyl (C=O) groups excluding carboxylic acids is 1. The number of carbonyl (C=O) groups is 1. The second-order valence-electron chi connectivity index (χ2n) is 4.18. The Morgan fingerprint density at radius 1 is 1.62 bits per heavy atom. The zero-order valence-corrected chi connectivity index (χ0v) is 11.0. The molecule has 2 atom stereocenters. The second-order valence-corrected chi connectivity index (χ2v) is 5.21. The van der Waals surface area contributed by atoms with Gasteiger partial charge in [-0.25, -0.2) is 0 Å². The third kappa shape index (κ3) is 3.80. The fraction of sp³-hybridized carbons (Fsp3) is 0.900. The molecule has 0 bridgehead atoms. The molecule has 1 aliphatic heterocycles. The quantitative estimate of drug-likeness (QED) is 0.766. The lowest BCUT2D eigenvalue weighted by Gasteiger charge is -2.19. The Morgan fingerprint density at radius 2 is 2.38 bits per heavy atom. The van der Waals surface area contributed by atoms with E-state index in [1.807, 2.05) is 0 Å². The van der Waals surface area contributed by atoms with Crippen LogP contribution in [0.2, 0.25) is 0 Å². The molecule has 2 N–H and O–H groups in total. The topological polar surface area (TPSA) is 50.4 Å². The molecule has 4 nitrogen and oxygen atoms in total. The molecule has 1 heterocycles. The van der Waals surface area contributed by atoms with Gasteiger partial charge < -0.3 is 10.1 Å². The molecule has 2 aliphatic rings. The van der Waals surface area contributed by atoms with Crippen LogP contribution in [0.5, 0.6) is 0 Å². The van der Waals surface area contributed by atoms with Crippen LogP contribution in [0, 0.1) is 5.92 Å². The summed E-state index contributed by atoms with van der Waals surface area (Å²) in [4.78, 5) is 11.8. The monoisotopic (exact) mass is 266 g/mol. The van der Waals surface area contributed by atoms with Crippen molar-refractivity contribution in [3.05, 3.63) is 0 Å². The zero-order chi connectivity index (χ0) is 10.7. The summed E-state index contributed by atoms with van der Waals surface area (Å²) in [5.74, 6) is 2.55. The van der Waals surface area contributed by atoms with Crippen LogP contribution in [0.3, 0.4) is 0 Å². The Labute approximate surface area is 107 Å². The number of nitrogens with one attached hydrogen (secondary N) is 2. The Morgan fingerprint density at radius 3 is 2.88 bits per heavy atom. The molecule has 1 amide bonds. The third-order valence-corrected chi connectivity index (χ3v) is 3.84. The van der Waals surface area contributed by atoms with Crippen LogP contribution in [0.4, 0.5) is 0 Å². The Kier molecular flexibility index (Phi) is 5.89. The maximum absolute atomic E-state index is 11.8. The van der Waals surface area contributed by atoms with Crippen LogP contribution in [-0.4, -0.2) is 43.3 Å². The Bertz CT molecular complexity index is 233. The van der Waals surface area contributed by atoms with E-state index in [-0.39, 0.29) is 30.4 Å². The molecule has 94 valence electrons. The Hall–Kier alpha value is 0.0300. The smallest absolute Gasteiger partial charge is 0.238 e. The number of ether oxygens (including phenoxy) is 1. The Balaban J connectivity index is 0.00000128. The summed E-state index contributed by atoms with van der Waals surface area (Å²) in [5.41, 5.74) is 0. The van der Waals surface area contributed by atoms with Gasteiger partial charge in [0.05, 0.1) is 18.7 Å². The van der Waals surface area contributed by atoms with Crippen LogP contribution < -0.4 is 10.6 Å². The van der Waals surface area contributed by atoms with Gasteiger partial charge in [-0.3, -0.25) is 10.1 Å². The lowest BCUT2D eigenvalue weighted by atomic mass is 10.2. The minimum Gasteiger partial charge on any atom is -0.383 e. The van der Waals surface area contributed by atoms with Crippen molar-refractivity contribution in [1.29, 1.82) is 0 Å². The minimum atomic E-state index is -0.00638. The number of rotatable bonds is 5. The van der Waals surface area contributed by atoms with Gasteiger partial charge in [0.1, 0.15) is 0 Å². The van der Waals surface area contributed by atoms with E-state index in [0.717, 1.165) is 11.6 Å². The van der Waals surface area contributed by atoms with E-state index in [2.05, 4.69) is 10.6 Å². The summed E-state index contributed by atoms with van der Waals surface area (Å²) in [6, 6.07) is 0.211. The number of hydrogen-bond donors (Lipinski definition) is 2. The third-order valence-electron chi connectivity index (χ3n) is 2.90. The molecule has 0 aromatic heterocycles. The van der Waals surface area contributed by atoms with E-state index >= 15 is 0 Å². The summed E-state index contributed by atoms with van der Waals surface area (Å²) < 4.78 is 5.13. The summed E-state index contributed by atoms with van der Waals surface area (Å²) in [6.07, 6.45) is 2.45. The molecule has 6 heteroatoms. The van der Waals surface area contributed by atoms with Crippen LogP contribution in [0.25, 0.3) is 0 Å². The predicted molar refractivity (Wildman–Crippen MR) is 68.0 cm³/mol. The molecule has 2 unspecified atom stereocenters. The van der Waals surface area contributed by atoms with Gasteiger partial charge in [-0.2, -0.15) is 0 Å². The van der Waals surface area contributed by atoms with Gasteiger partial charge in [0.25, 0.3) is 0 Å². The second kappa shape index (κ2) is 6.69. The molecular formula is C10H19ClN2O2S. The normalized spacial score (nSPS) is 25.9. The molecule has 0 spiro atoms. The van der Waals surface area contributed by atoms with Crippen molar-refractivity contribution in [2.45, 2.75) is 24.9 Å². The van der Waals surface area contributed by atoms with Crippen molar-refractivity contribution in [1.82, 2.24) is 10.6 Å². The molecule has 16 heavy (non-hydrogen) atoms. The number of methoxy groups -OCH3 is 1. The average molecular weight is 267 g/mol. The van der Waals surface area contributed by atoms with Crippen LogP contribution >= 0.6 is 24.2 Å². The largest absolute Gasteiger partial charge is 0.383 e. The fourth-order valence-electron chi connectivity index (χ4n) is 1.82. The van der Waals surface area contributed by atoms with E-state index in [1.165, 1.54) is 12.8 Å². The van der Waals surface area contributed by atoms with Crippen molar-refractivity contribution in [3.63, 3.8) is 0 Å². The van der Waals surface area contributed by atoms with E-state index in [1.54, 1.807) is 18.9 Å². The average Bonchev–Trinajstić information content (AvgIpc) is 2.92. The summed E-state index contributed by atoms with van der Waals surface area (Å²) >= 11 is 1.77. The number of hydrogen-bond acceptors (Lipinski definition) is 4. The van der Waals surface area contributed by atoms with Crippen molar-refractivity contribution in [2.75, 3.05) is 25.3 Å². The van der Waals surface area contributed by atoms with Crippen molar-refractivity contribution in [2.24, 2.45) is 5.92 Å². The van der Waals surface area contributed by atoms with Gasteiger partial charge in [-0.05, 0) is 18.8 Å². The van der Waals surface area contributed by atoms with Crippen LogP contribution in [0.15, 0.2) is 0 Å². The van der Waals surface area contributed by atoms with Crippen LogP contribution in [-0.2, 0) is 9.53 Å². The van der Waals surface area contributed by atoms with Gasteiger partial charge in [0.2, 0.25) is 5.91 Å². The van der Waals surface area contributed by atoms with Crippen LogP contribution in [0.1, 0.15) is 12.8 Å². The standard InChI is InChI=1S/C10H18N2O2S.ClH/c1-14-4-8(7-2-3-7)12-10(13)9-5-15-6-11-9;/h7-9,11H,2-6H2,1H3,(H,12,13);1H. The lowest BCUT2D eigenvalue weighted by Crippen LogP contribution is -2.48. The minimum absolute atomic E-state index is 0.